The first-order valence-electron chi connectivity index (χ1n) is 5.27. The van der Waals surface area contributed by atoms with E-state index in [1.165, 1.54) is 5.56 Å². The molecule has 4 heteroatoms. The van der Waals surface area contributed by atoms with Crippen molar-refractivity contribution in [2.75, 3.05) is 5.73 Å². The molecule has 2 N–H and O–H groups in total. The lowest BCUT2D eigenvalue weighted by molar-refractivity contribution is 0.131. The highest BCUT2D eigenvalue weighted by Gasteiger charge is 2.21. The molecule has 3 rings (SSSR count). The Morgan fingerprint density at radius 2 is 2.25 bits per heavy atom. The quantitative estimate of drug-likeness (QED) is 0.789. The number of aryl methyl sites for hydroxylation is 1. The molecule has 1 aliphatic rings. The van der Waals surface area contributed by atoms with E-state index in [0.29, 0.717) is 19.0 Å². The Morgan fingerprint density at radius 3 is 3.00 bits per heavy atom. The molecule has 16 heavy (non-hydrogen) atoms. The molecule has 82 valence electrons. The number of ether oxygens (including phenoxy) is 1. The largest absolute Gasteiger partial charge is 0.383 e. The number of benzene rings is 1. The Labute approximate surface area is 93.6 Å². The van der Waals surface area contributed by atoms with Gasteiger partial charge in [-0.2, -0.15) is 5.10 Å². The fourth-order valence-corrected chi connectivity index (χ4v) is 1.99. The van der Waals surface area contributed by atoms with E-state index < -0.39 is 0 Å². The fraction of sp³-hybridized carbons (Fsp3) is 0.250. The minimum Gasteiger partial charge on any atom is -0.383 e. The summed E-state index contributed by atoms with van der Waals surface area (Å²) in [6, 6.07) is 8.14. The molecule has 1 aliphatic heterocycles. The summed E-state index contributed by atoms with van der Waals surface area (Å²) in [7, 11) is 0. The van der Waals surface area contributed by atoms with Gasteiger partial charge in [0.1, 0.15) is 5.82 Å². The van der Waals surface area contributed by atoms with Gasteiger partial charge in [-0.3, -0.25) is 0 Å². The predicted molar refractivity (Wildman–Crippen MR) is 61.2 cm³/mol. The van der Waals surface area contributed by atoms with E-state index in [-0.39, 0.29) is 0 Å². The molecule has 0 spiro atoms. The highest BCUT2D eigenvalue weighted by Crippen LogP contribution is 2.27. The molecule has 0 atom stereocenters. The molecule has 0 unspecified atom stereocenters. The number of nitrogen functional groups attached to an aromatic ring is 1. The number of anilines is 1. The summed E-state index contributed by atoms with van der Waals surface area (Å²) in [5.41, 5.74) is 10.2. The summed E-state index contributed by atoms with van der Waals surface area (Å²) in [6.07, 6.45) is 0. The monoisotopic (exact) mass is 215 g/mol. The maximum absolute atomic E-state index is 6.06. The van der Waals surface area contributed by atoms with E-state index in [2.05, 4.69) is 24.2 Å². The first-order chi connectivity index (χ1) is 7.75. The van der Waals surface area contributed by atoms with Crippen molar-refractivity contribution >= 4 is 5.82 Å². The fourth-order valence-electron chi connectivity index (χ4n) is 1.99. The summed E-state index contributed by atoms with van der Waals surface area (Å²) in [5.74, 6) is 0.693. The minimum atomic E-state index is 0.568. The maximum Gasteiger partial charge on any atom is 0.133 e. The Morgan fingerprint density at radius 1 is 1.38 bits per heavy atom. The van der Waals surface area contributed by atoms with E-state index in [9.17, 15) is 0 Å². The van der Waals surface area contributed by atoms with Gasteiger partial charge in [0.15, 0.2) is 0 Å². The zero-order valence-electron chi connectivity index (χ0n) is 9.10. The third-order valence-corrected chi connectivity index (χ3v) is 2.84. The topological polar surface area (TPSA) is 53.1 Å². The molecule has 0 saturated carbocycles. The molecule has 0 amide bonds. The maximum atomic E-state index is 6.06. The number of aromatic nitrogens is 2. The summed E-state index contributed by atoms with van der Waals surface area (Å²) >= 11 is 0. The van der Waals surface area contributed by atoms with Crippen molar-refractivity contribution in [3.63, 3.8) is 0 Å². The van der Waals surface area contributed by atoms with Crippen molar-refractivity contribution in [2.24, 2.45) is 0 Å². The molecule has 1 aromatic heterocycles. The molecular formula is C12H13N3O. The molecule has 0 fully saturated rings. The molecule has 0 aliphatic carbocycles. The smallest absolute Gasteiger partial charge is 0.133 e. The highest BCUT2D eigenvalue weighted by molar-refractivity contribution is 5.51. The van der Waals surface area contributed by atoms with Crippen LogP contribution in [0.15, 0.2) is 24.3 Å². The van der Waals surface area contributed by atoms with Crippen LogP contribution >= 0.6 is 0 Å². The number of hydrogen-bond acceptors (Lipinski definition) is 3. The van der Waals surface area contributed by atoms with Crippen LogP contribution in [0.2, 0.25) is 0 Å². The summed E-state index contributed by atoms with van der Waals surface area (Å²) in [4.78, 5) is 0. The number of rotatable bonds is 1. The molecule has 0 saturated heterocycles. The van der Waals surface area contributed by atoms with E-state index in [4.69, 9.17) is 10.5 Å². The lowest BCUT2D eigenvalue weighted by atomic mass is 10.2. The average molecular weight is 215 g/mol. The first-order valence-corrected chi connectivity index (χ1v) is 5.27. The zero-order chi connectivity index (χ0) is 11.1. The third kappa shape index (κ3) is 1.31. The van der Waals surface area contributed by atoms with E-state index in [0.717, 1.165) is 16.9 Å². The van der Waals surface area contributed by atoms with Crippen molar-refractivity contribution in [1.82, 2.24) is 9.78 Å². The van der Waals surface area contributed by atoms with E-state index in [1.807, 2.05) is 12.1 Å². The Balaban J connectivity index is 2.14. The van der Waals surface area contributed by atoms with Crippen LogP contribution in [0.5, 0.6) is 0 Å². The van der Waals surface area contributed by atoms with Crippen LogP contribution in [0.1, 0.15) is 16.8 Å². The zero-order valence-corrected chi connectivity index (χ0v) is 9.10. The van der Waals surface area contributed by atoms with Gasteiger partial charge in [-0.1, -0.05) is 12.1 Å². The van der Waals surface area contributed by atoms with Crippen molar-refractivity contribution < 1.29 is 4.74 Å². The Kier molecular flexibility index (Phi) is 1.97. The Bertz CT molecular complexity index is 545. The van der Waals surface area contributed by atoms with Crippen LogP contribution in [0.4, 0.5) is 5.82 Å². The molecule has 1 aromatic carbocycles. The van der Waals surface area contributed by atoms with Crippen molar-refractivity contribution in [3.8, 4) is 5.69 Å². The molecule has 0 radical (unpaired) electrons. The summed E-state index contributed by atoms with van der Waals surface area (Å²) in [6.45, 7) is 3.20. The second-order valence-electron chi connectivity index (χ2n) is 4.05. The molecular weight excluding hydrogens is 202 g/mol. The van der Waals surface area contributed by atoms with E-state index >= 15 is 0 Å². The van der Waals surface area contributed by atoms with Gasteiger partial charge in [0, 0.05) is 5.56 Å². The van der Waals surface area contributed by atoms with Gasteiger partial charge < -0.3 is 10.5 Å². The molecule has 2 aromatic rings. The highest BCUT2D eigenvalue weighted by atomic mass is 16.5. The van der Waals surface area contributed by atoms with Crippen molar-refractivity contribution in [2.45, 2.75) is 20.1 Å². The van der Waals surface area contributed by atoms with Gasteiger partial charge in [0.05, 0.1) is 24.6 Å². The van der Waals surface area contributed by atoms with Crippen LogP contribution in [-0.2, 0) is 18.0 Å². The van der Waals surface area contributed by atoms with Crippen LogP contribution < -0.4 is 5.73 Å². The number of fused-ring (bicyclic) bond motifs is 1. The van der Waals surface area contributed by atoms with Crippen molar-refractivity contribution in [3.05, 3.63) is 41.1 Å². The summed E-state index contributed by atoms with van der Waals surface area (Å²) < 4.78 is 7.09. The van der Waals surface area contributed by atoms with Gasteiger partial charge in [0.25, 0.3) is 0 Å². The van der Waals surface area contributed by atoms with Gasteiger partial charge in [0.2, 0.25) is 0 Å². The number of nitrogens with zero attached hydrogens (tertiary/aromatic N) is 2. The SMILES string of the molecule is Cc1cccc(-n2nc3c(c2N)COC3)c1. The molecule has 2 heterocycles. The minimum absolute atomic E-state index is 0.568. The van der Waals surface area contributed by atoms with E-state index in [1.54, 1.807) is 4.68 Å². The van der Waals surface area contributed by atoms with Gasteiger partial charge in [-0.05, 0) is 24.6 Å². The summed E-state index contributed by atoms with van der Waals surface area (Å²) in [5, 5.41) is 4.47. The first kappa shape index (κ1) is 9.42. The van der Waals surface area contributed by atoms with Crippen LogP contribution in [-0.4, -0.2) is 9.78 Å². The lowest BCUT2D eigenvalue weighted by Gasteiger charge is -2.06. The predicted octanol–water partition coefficient (Wildman–Crippen LogP) is 1.79. The van der Waals surface area contributed by atoms with Crippen molar-refractivity contribution in [1.29, 1.82) is 0 Å². The Hall–Kier alpha value is -1.81. The lowest BCUT2D eigenvalue weighted by Crippen LogP contribution is -2.04. The van der Waals surface area contributed by atoms with Gasteiger partial charge >= 0.3 is 0 Å². The average Bonchev–Trinajstić information content (AvgIpc) is 2.82. The standard InChI is InChI=1S/C12H13N3O/c1-8-3-2-4-9(5-8)15-12(13)10-6-16-7-11(10)14-15/h2-5H,6-7,13H2,1H3. The van der Waals surface area contributed by atoms with Gasteiger partial charge in [-0.25, -0.2) is 4.68 Å². The number of nitrogens with two attached hydrogens (primary N) is 1. The third-order valence-electron chi connectivity index (χ3n) is 2.84. The van der Waals surface area contributed by atoms with Crippen LogP contribution in [0.3, 0.4) is 0 Å². The number of hydrogen-bond donors (Lipinski definition) is 1. The molecule has 0 bridgehead atoms. The van der Waals surface area contributed by atoms with Gasteiger partial charge in [-0.15, -0.1) is 0 Å². The molecule has 4 nitrogen and oxygen atoms in total. The normalized spacial score (nSPS) is 14.1. The second kappa shape index (κ2) is 3.35. The second-order valence-corrected chi connectivity index (χ2v) is 4.05. The van der Waals surface area contributed by atoms with Crippen LogP contribution in [0, 0.1) is 6.92 Å². The van der Waals surface area contributed by atoms with Crippen LogP contribution in [0.25, 0.3) is 5.69 Å².